The number of nitrogens with one attached hydrogen (secondary N) is 2. The Labute approximate surface area is 93.0 Å². The van der Waals surface area contributed by atoms with Crippen LogP contribution in [0.4, 0.5) is 4.79 Å². The van der Waals surface area contributed by atoms with Gasteiger partial charge in [-0.1, -0.05) is 13.8 Å². The lowest BCUT2D eigenvalue weighted by molar-refractivity contribution is 0.213. The van der Waals surface area contributed by atoms with Gasteiger partial charge in [-0.3, -0.25) is 0 Å². The number of hydrogen-bond donors (Lipinski definition) is 3. The number of amides is 2. The molecule has 15 heavy (non-hydrogen) atoms. The SMILES string of the molecule is CCC(CC)(CN)NC(=O)NC(C)(C)C. The molecule has 0 aromatic rings. The molecule has 0 aliphatic carbocycles. The van der Waals surface area contributed by atoms with Crippen molar-refractivity contribution in [1.29, 1.82) is 0 Å². The molecule has 0 aromatic heterocycles. The van der Waals surface area contributed by atoms with Crippen molar-refractivity contribution >= 4 is 6.03 Å². The van der Waals surface area contributed by atoms with Gasteiger partial charge in [0.05, 0.1) is 5.54 Å². The van der Waals surface area contributed by atoms with E-state index in [1.54, 1.807) is 0 Å². The number of carbonyl (C=O) groups is 1. The highest BCUT2D eigenvalue weighted by Crippen LogP contribution is 2.13. The highest BCUT2D eigenvalue weighted by atomic mass is 16.2. The summed E-state index contributed by atoms with van der Waals surface area (Å²) in [4.78, 5) is 11.7. The number of nitrogens with two attached hydrogens (primary N) is 1. The lowest BCUT2D eigenvalue weighted by Gasteiger charge is -2.33. The van der Waals surface area contributed by atoms with Crippen LogP contribution in [0, 0.1) is 0 Å². The van der Waals surface area contributed by atoms with Gasteiger partial charge in [0.15, 0.2) is 0 Å². The average molecular weight is 215 g/mol. The molecule has 0 aromatic carbocycles. The predicted molar refractivity (Wildman–Crippen MR) is 63.8 cm³/mol. The average Bonchev–Trinajstić information content (AvgIpc) is 2.11. The van der Waals surface area contributed by atoms with E-state index in [9.17, 15) is 4.79 Å². The minimum atomic E-state index is -0.269. The van der Waals surface area contributed by atoms with E-state index in [0.717, 1.165) is 12.8 Å². The Morgan fingerprint density at radius 3 is 1.87 bits per heavy atom. The Kier molecular flexibility index (Phi) is 5.08. The van der Waals surface area contributed by atoms with E-state index in [1.807, 2.05) is 34.6 Å². The van der Waals surface area contributed by atoms with Crippen LogP contribution in [-0.4, -0.2) is 23.7 Å². The maximum absolute atomic E-state index is 11.7. The fourth-order valence-electron chi connectivity index (χ4n) is 1.38. The second-order valence-electron chi connectivity index (χ2n) is 5.02. The summed E-state index contributed by atoms with van der Waals surface area (Å²) in [7, 11) is 0. The van der Waals surface area contributed by atoms with Crippen LogP contribution in [0.2, 0.25) is 0 Å². The van der Waals surface area contributed by atoms with Crippen LogP contribution in [-0.2, 0) is 0 Å². The first-order valence-corrected chi connectivity index (χ1v) is 5.59. The smallest absolute Gasteiger partial charge is 0.315 e. The number of hydrogen-bond acceptors (Lipinski definition) is 2. The molecule has 90 valence electrons. The monoisotopic (exact) mass is 215 g/mol. The predicted octanol–water partition coefficient (Wildman–Crippen LogP) is 1.60. The highest BCUT2D eigenvalue weighted by Gasteiger charge is 2.27. The highest BCUT2D eigenvalue weighted by molar-refractivity contribution is 5.75. The van der Waals surface area contributed by atoms with Crippen LogP contribution in [0.5, 0.6) is 0 Å². The molecule has 0 bridgehead atoms. The lowest BCUT2D eigenvalue weighted by Crippen LogP contribution is -2.58. The van der Waals surface area contributed by atoms with Crippen molar-refractivity contribution in [2.24, 2.45) is 5.73 Å². The first-order valence-electron chi connectivity index (χ1n) is 5.59. The lowest BCUT2D eigenvalue weighted by atomic mass is 9.93. The van der Waals surface area contributed by atoms with Gasteiger partial charge in [0, 0.05) is 12.1 Å². The van der Waals surface area contributed by atoms with Crippen molar-refractivity contribution in [2.45, 2.75) is 58.5 Å². The molecule has 0 aliphatic rings. The summed E-state index contributed by atoms with van der Waals surface area (Å²) >= 11 is 0. The third kappa shape index (κ3) is 5.02. The van der Waals surface area contributed by atoms with E-state index in [-0.39, 0.29) is 17.1 Å². The summed E-state index contributed by atoms with van der Waals surface area (Å²) in [6.45, 7) is 10.4. The Morgan fingerprint density at radius 1 is 1.13 bits per heavy atom. The van der Waals surface area contributed by atoms with Gasteiger partial charge in [0.1, 0.15) is 0 Å². The van der Waals surface area contributed by atoms with Crippen molar-refractivity contribution in [3.8, 4) is 0 Å². The number of rotatable bonds is 4. The molecule has 0 fully saturated rings. The maximum Gasteiger partial charge on any atom is 0.315 e. The van der Waals surface area contributed by atoms with E-state index >= 15 is 0 Å². The van der Waals surface area contributed by atoms with Crippen molar-refractivity contribution in [2.75, 3.05) is 6.54 Å². The molecule has 0 atom stereocenters. The summed E-state index contributed by atoms with van der Waals surface area (Å²) in [5.74, 6) is 0. The second-order valence-corrected chi connectivity index (χ2v) is 5.02. The molecule has 0 unspecified atom stereocenters. The molecular formula is C11H25N3O. The molecule has 4 nitrogen and oxygen atoms in total. The number of carbonyl (C=O) groups excluding carboxylic acids is 1. The minimum absolute atomic E-state index is 0.142. The topological polar surface area (TPSA) is 67.1 Å². The van der Waals surface area contributed by atoms with E-state index in [4.69, 9.17) is 5.73 Å². The Morgan fingerprint density at radius 2 is 1.60 bits per heavy atom. The zero-order chi connectivity index (χ0) is 12.1. The molecule has 0 saturated carbocycles. The molecule has 0 rings (SSSR count). The van der Waals surface area contributed by atoms with E-state index in [2.05, 4.69) is 10.6 Å². The quantitative estimate of drug-likeness (QED) is 0.667. The molecule has 0 radical (unpaired) electrons. The van der Waals surface area contributed by atoms with Gasteiger partial charge >= 0.3 is 6.03 Å². The van der Waals surface area contributed by atoms with E-state index in [0.29, 0.717) is 6.54 Å². The summed E-state index contributed by atoms with van der Waals surface area (Å²) in [5.41, 5.74) is 5.21. The van der Waals surface area contributed by atoms with Crippen LogP contribution in [0.3, 0.4) is 0 Å². The standard InChI is InChI=1S/C11H25N3O/c1-6-11(7-2,8-12)14-9(15)13-10(3,4)5/h6-8,12H2,1-5H3,(H2,13,14,15). The Hall–Kier alpha value is -0.770. The molecular weight excluding hydrogens is 190 g/mol. The molecule has 0 aliphatic heterocycles. The van der Waals surface area contributed by atoms with Crippen LogP contribution in [0.15, 0.2) is 0 Å². The van der Waals surface area contributed by atoms with Gasteiger partial charge in [-0.15, -0.1) is 0 Å². The van der Waals surface area contributed by atoms with Gasteiger partial charge in [-0.2, -0.15) is 0 Å². The Balaban J connectivity index is 4.36. The normalized spacial score (nSPS) is 12.4. The summed E-state index contributed by atoms with van der Waals surface area (Å²) in [5, 5.41) is 5.83. The van der Waals surface area contributed by atoms with Gasteiger partial charge in [-0.25, -0.2) is 4.79 Å². The van der Waals surface area contributed by atoms with Crippen molar-refractivity contribution in [3.05, 3.63) is 0 Å². The van der Waals surface area contributed by atoms with Crippen molar-refractivity contribution in [3.63, 3.8) is 0 Å². The maximum atomic E-state index is 11.7. The van der Waals surface area contributed by atoms with Crippen LogP contribution in [0.1, 0.15) is 47.5 Å². The molecule has 2 amide bonds. The van der Waals surface area contributed by atoms with Crippen molar-refractivity contribution < 1.29 is 4.79 Å². The number of urea groups is 1. The van der Waals surface area contributed by atoms with Gasteiger partial charge in [-0.05, 0) is 33.6 Å². The molecule has 0 saturated heterocycles. The zero-order valence-corrected chi connectivity index (χ0v) is 10.6. The summed E-state index contributed by atoms with van der Waals surface area (Å²) in [6, 6.07) is -0.142. The second kappa shape index (κ2) is 5.35. The summed E-state index contributed by atoms with van der Waals surface area (Å²) in [6.07, 6.45) is 1.69. The Bertz CT molecular complexity index is 196. The third-order valence-electron chi connectivity index (χ3n) is 2.61. The molecule has 4 N–H and O–H groups in total. The zero-order valence-electron chi connectivity index (χ0n) is 10.6. The minimum Gasteiger partial charge on any atom is -0.334 e. The third-order valence-corrected chi connectivity index (χ3v) is 2.61. The van der Waals surface area contributed by atoms with Crippen molar-refractivity contribution in [1.82, 2.24) is 10.6 Å². The van der Waals surface area contributed by atoms with Crippen LogP contribution >= 0.6 is 0 Å². The van der Waals surface area contributed by atoms with Crippen LogP contribution < -0.4 is 16.4 Å². The van der Waals surface area contributed by atoms with Crippen LogP contribution in [0.25, 0.3) is 0 Å². The molecule has 4 heteroatoms. The van der Waals surface area contributed by atoms with Gasteiger partial charge in [0.25, 0.3) is 0 Å². The first kappa shape index (κ1) is 14.2. The molecule has 0 spiro atoms. The largest absolute Gasteiger partial charge is 0.334 e. The van der Waals surface area contributed by atoms with E-state index < -0.39 is 0 Å². The first-order chi connectivity index (χ1) is 6.78. The fraction of sp³-hybridized carbons (Fsp3) is 0.909. The van der Waals surface area contributed by atoms with Gasteiger partial charge in [0.2, 0.25) is 0 Å². The van der Waals surface area contributed by atoms with E-state index in [1.165, 1.54) is 0 Å². The fourth-order valence-corrected chi connectivity index (χ4v) is 1.38. The summed E-state index contributed by atoms with van der Waals surface area (Å²) < 4.78 is 0. The molecule has 0 heterocycles. The van der Waals surface area contributed by atoms with Gasteiger partial charge < -0.3 is 16.4 Å².